The Morgan fingerprint density at radius 1 is 1.15 bits per heavy atom. The van der Waals surface area contributed by atoms with Gasteiger partial charge in [-0.2, -0.15) is 0 Å². The summed E-state index contributed by atoms with van der Waals surface area (Å²) in [6, 6.07) is 9.87. The Bertz CT molecular complexity index is 815. The van der Waals surface area contributed by atoms with Crippen molar-refractivity contribution < 1.29 is 5.11 Å². The van der Waals surface area contributed by atoms with E-state index in [1.54, 1.807) is 10.6 Å². The summed E-state index contributed by atoms with van der Waals surface area (Å²) in [6.45, 7) is 10.7. The van der Waals surface area contributed by atoms with Crippen molar-refractivity contribution in [3.8, 4) is 5.75 Å². The molecule has 0 radical (unpaired) electrons. The maximum atomic E-state index is 13.2. The van der Waals surface area contributed by atoms with Crippen molar-refractivity contribution in [3.63, 3.8) is 0 Å². The lowest BCUT2D eigenvalue weighted by Crippen LogP contribution is -2.40. The Morgan fingerprint density at radius 2 is 1.77 bits per heavy atom. The molecule has 3 rings (SSSR count). The van der Waals surface area contributed by atoms with Crippen molar-refractivity contribution in [1.29, 1.82) is 0 Å². The van der Waals surface area contributed by atoms with Gasteiger partial charge in [-0.3, -0.25) is 9.69 Å². The number of benzene rings is 1. The first kappa shape index (κ1) is 18.7. The summed E-state index contributed by atoms with van der Waals surface area (Å²) in [5.74, 6) is 0.824. The number of aryl methyl sites for hydroxylation is 2. The fraction of sp³-hybridized carbons (Fsp3) is 0.500. The highest BCUT2D eigenvalue weighted by Gasteiger charge is 2.30. The van der Waals surface area contributed by atoms with E-state index in [1.165, 1.54) is 5.56 Å². The maximum Gasteiger partial charge on any atom is 0.259 e. The molecule has 0 amide bonds. The summed E-state index contributed by atoms with van der Waals surface area (Å²) in [5, 5.41) is 10.7. The van der Waals surface area contributed by atoms with Crippen LogP contribution in [0, 0.1) is 19.8 Å². The van der Waals surface area contributed by atoms with Crippen LogP contribution in [0.25, 0.3) is 0 Å². The van der Waals surface area contributed by atoms with E-state index >= 15 is 0 Å². The van der Waals surface area contributed by atoms with Gasteiger partial charge in [0, 0.05) is 12.2 Å². The highest BCUT2D eigenvalue weighted by Crippen LogP contribution is 2.35. The standard InChI is InChI=1S/C22H30N2O2/c1-5-24-17(4)14-19(25)20(22(24)26)21(18-8-6-15(2)7-9-18)23-12-10-16(3)11-13-23/h6-9,14,16,21,25H,5,10-13H2,1-4H3/t21-/m1/s1. The van der Waals surface area contributed by atoms with Gasteiger partial charge < -0.3 is 9.67 Å². The van der Waals surface area contributed by atoms with Crippen molar-refractivity contribution in [2.75, 3.05) is 13.1 Å². The van der Waals surface area contributed by atoms with Crippen molar-refractivity contribution in [1.82, 2.24) is 9.47 Å². The smallest absolute Gasteiger partial charge is 0.259 e. The summed E-state index contributed by atoms with van der Waals surface area (Å²) < 4.78 is 1.75. The van der Waals surface area contributed by atoms with Gasteiger partial charge in [-0.25, -0.2) is 0 Å². The highest BCUT2D eigenvalue weighted by molar-refractivity contribution is 5.41. The van der Waals surface area contributed by atoms with Crippen LogP contribution in [0.3, 0.4) is 0 Å². The Hall–Kier alpha value is -2.07. The number of aromatic hydroxyl groups is 1. The average Bonchev–Trinajstić information content (AvgIpc) is 2.61. The molecule has 0 saturated carbocycles. The molecule has 4 nitrogen and oxygen atoms in total. The highest BCUT2D eigenvalue weighted by atomic mass is 16.3. The average molecular weight is 354 g/mol. The molecule has 1 atom stereocenters. The lowest BCUT2D eigenvalue weighted by atomic mass is 9.91. The van der Waals surface area contributed by atoms with Crippen molar-refractivity contribution in [2.24, 2.45) is 5.92 Å². The first-order chi connectivity index (χ1) is 12.4. The van der Waals surface area contributed by atoms with Gasteiger partial charge in [0.25, 0.3) is 5.56 Å². The number of hydrogen-bond donors (Lipinski definition) is 1. The molecule has 1 aromatic carbocycles. The molecular formula is C22H30N2O2. The molecule has 1 aliphatic heterocycles. The van der Waals surface area contributed by atoms with Crippen LogP contribution in [0.2, 0.25) is 0 Å². The second-order valence-electron chi connectivity index (χ2n) is 7.67. The van der Waals surface area contributed by atoms with Crippen molar-refractivity contribution in [3.05, 3.63) is 63.1 Å². The largest absolute Gasteiger partial charge is 0.507 e. The third kappa shape index (κ3) is 3.56. The predicted molar refractivity (Wildman–Crippen MR) is 106 cm³/mol. The number of rotatable bonds is 4. The van der Waals surface area contributed by atoms with E-state index in [2.05, 4.69) is 43.0 Å². The topological polar surface area (TPSA) is 45.5 Å². The van der Waals surface area contributed by atoms with E-state index in [9.17, 15) is 9.90 Å². The Morgan fingerprint density at radius 3 is 2.35 bits per heavy atom. The Kier molecular flexibility index (Phi) is 5.52. The molecule has 4 heteroatoms. The van der Waals surface area contributed by atoms with Crippen LogP contribution >= 0.6 is 0 Å². The molecule has 140 valence electrons. The lowest BCUT2D eigenvalue weighted by Gasteiger charge is -2.37. The minimum atomic E-state index is -0.200. The summed E-state index contributed by atoms with van der Waals surface area (Å²) in [6.07, 6.45) is 2.24. The lowest BCUT2D eigenvalue weighted by molar-refractivity contribution is 0.154. The number of likely N-dealkylation sites (tertiary alicyclic amines) is 1. The number of piperidine rings is 1. The van der Waals surface area contributed by atoms with Gasteiger partial charge in [-0.15, -0.1) is 0 Å². The molecule has 1 aromatic heterocycles. The van der Waals surface area contributed by atoms with E-state index in [0.717, 1.165) is 37.2 Å². The van der Waals surface area contributed by atoms with Gasteiger partial charge in [-0.1, -0.05) is 36.8 Å². The van der Waals surface area contributed by atoms with Crippen LogP contribution in [-0.4, -0.2) is 27.7 Å². The summed E-state index contributed by atoms with van der Waals surface area (Å²) in [7, 11) is 0. The van der Waals surface area contributed by atoms with Gasteiger partial charge in [0.2, 0.25) is 0 Å². The van der Waals surface area contributed by atoms with Crippen molar-refractivity contribution in [2.45, 2.75) is 53.1 Å². The molecule has 1 saturated heterocycles. The van der Waals surface area contributed by atoms with Crippen LogP contribution in [0.15, 0.2) is 35.1 Å². The van der Waals surface area contributed by atoms with Gasteiger partial charge in [-0.05, 0) is 64.3 Å². The Balaban J connectivity index is 2.15. The molecule has 2 aromatic rings. The predicted octanol–water partition coefficient (Wildman–Crippen LogP) is 4.01. The van der Waals surface area contributed by atoms with Crippen LogP contribution in [-0.2, 0) is 6.54 Å². The van der Waals surface area contributed by atoms with E-state index < -0.39 is 0 Å². The third-order valence-corrected chi connectivity index (χ3v) is 5.69. The first-order valence-corrected chi connectivity index (χ1v) is 9.66. The molecule has 0 unspecified atom stereocenters. The fourth-order valence-electron chi connectivity index (χ4n) is 4.01. The second kappa shape index (κ2) is 7.67. The van der Waals surface area contributed by atoms with Gasteiger partial charge in [0.05, 0.1) is 11.6 Å². The Labute approximate surface area is 156 Å². The van der Waals surface area contributed by atoms with E-state index in [-0.39, 0.29) is 17.4 Å². The number of hydrogen-bond acceptors (Lipinski definition) is 3. The monoisotopic (exact) mass is 354 g/mol. The summed E-state index contributed by atoms with van der Waals surface area (Å²) >= 11 is 0. The molecule has 26 heavy (non-hydrogen) atoms. The number of aromatic nitrogens is 1. The molecule has 0 aliphatic carbocycles. The van der Waals surface area contributed by atoms with Crippen LogP contribution < -0.4 is 5.56 Å². The quantitative estimate of drug-likeness (QED) is 0.902. The SMILES string of the molecule is CCn1c(C)cc(O)c([C@@H](c2ccc(C)cc2)N2CCC(C)CC2)c1=O. The molecule has 0 bridgehead atoms. The van der Waals surface area contributed by atoms with Crippen molar-refractivity contribution >= 4 is 0 Å². The normalized spacial score (nSPS) is 17.4. The molecule has 1 N–H and O–H groups in total. The van der Waals surface area contributed by atoms with Gasteiger partial charge in [0.1, 0.15) is 5.75 Å². The minimum absolute atomic E-state index is 0.0748. The van der Waals surface area contributed by atoms with E-state index in [4.69, 9.17) is 0 Å². The zero-order valence-electron chi connectivity index (χ0n) is 16.3. The van der Waals surface area contributed by atoms with E-state index in [1.807, 2.05) is 13.8 Å². The molecular weight excluding hydrogens is 324 g/mol. The summed E-state index contributed by atoms with van der Waals surface area (Å²) in [5.41, 5.74) is 3.50. The number of nitrogens with zero attached hydrogens (tertiary/aromatic N) is 2. The van der Waals surface area contributed by atoms with E-state index in [0.29, 0.717) is 18.0 Å². The minimum Gasteiger partial charge on any atom is -0.507 e. The first-order valence-electron chi connectivity index (χ1n) is 9.66. The zero-order chi connectivity index (χ0) is 18.8. The second-order valence-corrected chi connectivity index (χ2v) is 7.67. The number of pyridine rings is 1. The maximum absolute atomic E-state index is 13.2. The van der Waals surface area contributed by atoms with Gasteiger partial charge >= 0.3 is 0 Å². The van der Waals surface area contributed by atoms with Crippen LogP contribution in [0.5, 0.6) is 5.75 Å². The zero-order valence-corrected chi connectivity index (χ0v) is 16.3. The van der Waals surface area contributed by atoms with Gasteiger partial charge in [0.15, 0.2) is 0 Å². The molecule has 2 heterocycles. The third-order valence-electron chi connectivity index (χ3n) is 5.69. The molecule has 1 fully saturated rings. The fourth-order valence-corrected chi connectivity index (χ4v) is 4.01. The summed E-state index contributed by atoms with van der Waals surface area (Å²) in [4.78, 5) is 15.6. The van der Waals surface area contributed by atoms with Crippen LogP contribution in [0.1, 0.15) is 55.1 Å². The molecule has 1 aliphatic rings. The van der Waals surface area contributed by atoms with Crippen LogP contribution in [0.4, 0.5) is 0 Å². The molecule has 0 spiro atoms.